The largest absolute Gasteiger partial charge is 0.284 e. The Morgan fingerprint density at radius 3 is 2.14 bits per heavy atom. The van der Waals surface area contributed by atoms with Crippen LogP contribution in [0.15, 0.2) is 46.0 Å². The van der Waals surface area contributed by atoms with Gasteiger partial charge < -0.3 is 0 Å². The van der Waals surface area contributed by atoms with Gasteiger partial charge in [0.2, 0.25) is 0 Å². The summed E-state index contributed by atoms with van der Waals surface area (Å²) in [6, 6.07) is 8.68. The second-order valence-electron chi connectivity index (χ2n) is 7.10. The number of nitrogens with zero attached hydrogens (tertiary/aromatic N) is 1. The maximum atomic E-state index is 4.86. The second kappa shape index (κ2) is 5.63. The molecule has 2 rings (SSSR count). The van der Waals surface area contributed by atoms with Crippen molar-refractivity contribution in [3.63, 3.8) is 0 Å². The Morgan fingerprint density at radius 1 is 1.00 bits per heavy atom. The highest BCUT2D eigenvalue weighted by Gasteiger charge is 2.20. The number of allylic oxidation sites excluding steroid dienone is 4. The Balaban J connectivity index is 2.53. The van der Waals surface area contributed by atoms with Crippen LogP contribution in [0.1, 0.15) is 66.0 Å². The topological polar surface area (TPSA) is 12.4 Å². The van der Waals surface area contributed by atoms with Crippen molar-refractivity contribution in [2.45, 2.75) is 60.4 Å². The molecule has 1 nitrogen and oxygen atoms in total. The number of hydrogen-bond donors (Lipinski definition) is 0. The molecule has 1 heteroatoms. The summed E-state index contributed by atoms with van der Waals surface area (Å²) in [6.45, 7) is 15.3. The highest BCUT2D eigenvalue weighted by molar-refractivity contribution is 6.04. The maximum absolute atomic E-state index is 4.86. The molecule has 0 saturated heterocycles. The molecular formula is C20H27N. The van der Waals surface area contributed by atoms with Gasteiger partial charge in [0.05, 0.1) is 5.54 Å². The lowest BCUT2D eigenvalue weighted by Crippen LogP contribution is -2.14. The third kappa shape index (κ3) is 3.34. The van der Waals surface area contributed by atoms with Crippen molar-refractivity contribution in [3.05, 3.63) is 52.1 Å². The van der Waals surface area contributed by atoms with Gasteiger partial charge in [0.15, 0.2) is 0 Å². The minimum atomic E-state index is -0.0413. The van der Waals surface area contributed by atoms with E-state index in [2.05, 4.69) is 72.7 Å². The molecule has 1 aromatic rings. The van der Waals surface area contributed by atoms with Crippen molar-refractivity contribution in [1.82, 2.24) is 0 Å². The van der Waals surface area contributed by atoms with E-state index in [9.17, 15) is 0 Å². The van der Waals surface area contributed by atoms with Crippen LogP contribution in [0.3, 0.4) is 0 Å². The lowest BCUT2D eigenvalue weighted by atomic mass is 9.93. The van der Waals surface area contributed by atoms with E-state index in [1.165, 1.54) is 33.4 Å². The van der Waals surface area contributed by atoms with Crippen molar-refractivity contribution in [1.29, 1.82) is 0 Å². The monoisotopic (exact) mass is 281 g/mol. The van der Waals surface area contributed by atoms with Crippen LogP contribution in [0.4, 0.5) is 0 Å². The zero-order chi connectivity index (χ0) is 15.8. The zero-order valence-corrected chi connectivity index (χ0v) is 14.5. The molecule has 112 valence electrons. The highest BCUT2D eigenvalue weighted by Crippen LogP contribution is 2.39. The van der Waals surface area contributed by atoms with Crippen molar-refractivity contribution in [3.8, 4) is 0 Å². The van der Waals surface area contributed by atoms with Crippen LogP contribution in [0.5, 0.6) is 0 Å². The first kappa shape index (κ1) is 15.8. The molecule has 0 aliphatic heterocycles. The molecule has 21 heavy (non-hydrogen) atoms. The van der Waals surface area contributed by atoms with Gasteiger partial charge in [-0.3, -0.25) is 4.99 Å². The molecule has 1 aromatic carbocycles. The predicted octanol–water partition coefficient (Wildman–Crippen LogP) is 5.81. The fraction of sp³-hybridized carbons (Fsp3) is 0.450. The van der Waals surface area contributed by atoms with Crippen LogP contribution < -0.4 is 0 Å². The Bertz CT molecular complexity index is 649. The second-order valence-corrected chi connectivity index (χ2v) is 7.10. The summed E-state index contributed by atoms with van der Waals surface area (Å²) in [4.78, 5) is 4.86. The van der Waals surface area contributed by atoms with Crippen LogP contribution in [0.25, 0.3) is 5.57 Å². The van der Waals surface area contributed by atoms with E-state index in [4.69, 9.17) is 4.99 Å². The van der Waals surface area contributed by atoms with Crippen LogP contribution in [-0.4, -0.2) is 11.3 Å². The third-order valence-corrected chi connectivity index (χ3v) is 4.24. The summed E-state index contributed by atoms with van der Waals surface area (Å²) in [5.74, 6) is 0. The molecule has 0 spiro atoms. The van der Waals surface area contributed by atoms with Gasteiger partial charge in [-0.2, -0.15) is 0 Å². The van der Waals surface area contributed by atoms with Gasteiger partial charge in [0, 0.05) is 11.3 Å². The highest BCUT2D eigenvalue weighted by atomic mass is 14.8. The Kier molecular flexibility index (Phi) is 4.22. The van der Waals surface area contributed by atoms with E-state index < -0.39 is 0 Å². The molecular weight excluding hydrogens is 254 g/mol. The van der Waals surface area contributed by atoms with Gasteiger partial charge in [-0.05, 0) is 77.2 Å². The van der Waals surface area contributed by atoms with Crippen molar-refractivity contribution in [2.24, 2.45) is 4.99 Å². The minimum Gasteiger partial charge on any atom is -0.284 e. The van der Waals surface area contributed by atoms with Gasteiger partial charge in [-0.25, -0.2) is 0 Å². The zero-order valence-electron chi connectivity index (χ0n) is 14.5. The van der Waals surface area contributed by atoms with Crippen LogP contribution in [0.2, 0.25) is 0 Å². The standard InChI is InChI=1S/C20H27N/c1-13-12-19(15(3)14(13)2)18-11-9-8-10-17(18)16(4)21-20(5,6)7/h8-11H,12H2,1-7H3/b21-16+. The van der Waals surface area contributed by atoms with Crippen LogP contribution in [0, 0.1) is 0 Å². The molecule has 1 aliphatic rings. The van der Waals surface area contributed by atoms with E-state index in [0.717, 1.165) is 12.1 Å². The first-order chi connectivity index (χ1) is 9.70. The molecule has 1 aliphatic carbocycles. The number of hydrogen-bond acceptors (Lipinski definition) is 1. The van der Waals surface area contributed by atoms with E-state index in [-0.39, 0.29) is 5.54 Å². The summed E-state index contributed by atoms with van der Waals surface area (Å²) in [5.41, 5.74) is 9.53. The SMILES string of the molecule is CC1=C(C)C(C)=C(c2ccccc2/C(C)=N/C(C)(C)C)C1. The van der Waals surface area contributed by atoms with Gasteiger partial charge in [-0.15, -0.1) is 0 Å². The van der Waals surface area contributed by atoms with Crippen molar-refractivity contribution < 1.29 is 0 Å². The van der Waals surface area contributed by atoms with E-state index in [1.54, 1.807) is 0 Å². The Hall–Kier alpha value is -1.63. The van der Waals surface area contributed by atoms with Crippen LogP contribution in [-0.2, 0) is 0 Å². The van der Waals surface area contributed by atoms with Gasteiger partial charge >= 0.3 is 0 Å². The molecule has 0 aromatic heterocycles. The molecule has 0 N–H and O–H groups in total. The summed E-state index contributed by atoms with van der Waals surface area (Å²) in [7, 11) is 0. The lowest BCUT2D eigenvalue weighted by Gasteiger charge is -2.17. The van der Waals surface area contributed by atoms with E-state index in [0.29, 0.717) is 0 Å². The van der Waals surface area contributed by atoms with Crippen molar-refractivity contribution >= 4 is 11.3 Å². The average Bonchev–Trinajstić information content (AvgIpc) is 2.64. The molecule has 0 radical (unpaired) electrons. The smallest absolute Gasteiger partial charge is 0.0527 e. The molecule has 0 amide bonds. The van der Waals surface area contributed by atoms with Crippen LogP contribution >= 0.6 is 0 Å². The molecule has 0 heterocycles. The fourth-order valence-electron chi connectivity index (χ4n) is 3.00. The van der Waals surface area contributed by atoms with Crippen molar-refractivity contribution in [2.75, 3.05) is 0 Å². The summed E-state index contributed by atoms with van der Waals surface area (Å²) < 4.78 is 0. The minimum absolute atomic E-state index is 0.0413. The average molecular weight is 281 g/mol. The molecule has 0 unspecified atom stereocenters. The number of benzene rings is 1. The van der Waals surface area contributed by atoms with Gasteiger partial charge in [0.1, 0.15) is 0 Å². The normalized spacial score (nSPS) is 17.0. The maximum Gasteiger partial charge on any atom is 0.0527 e. The predicted molar refractivity (Wildman–Crippen MR) is 94.0 cm³/mol. The van der Waals surface area contributed by atoms with Gasteiger partial charge in [-0.1, -0.05) is 29.8 Å². The molecule has 0 saturated carbocycles. The number of aliphatic imine (C=N–C) groups is 1. The Labute approximate surface area is 129 Å². The summed E-state index contributed by atoms with van der Waals surface area (Å²) in [5, 5.41) is 0. The van der Waals surface area contributed by atoms with Gasteiger partial charge in [0.25, 0.3) is 0 Å². The first-order valence-corrected chi connectivity index (χ1v) is 7.73. The number of rotatable bonds is 2. The molecule has 0 atom stereocenters. The fourth-order valence-corrected chi connectivity index (χ4v) is 3.00. The molecule has 0 fully saturated rings. The first-order valence-electron chi connectivity index (χ1n) is 7.73. The quantitative estimate of drug-likeness (QED) is 0.607. The molecule has 0 bridgehead atoms. The third-order valence-electron chi connectivity index (χ3n) is 4.24. The lowest BCUT2D eigenvalue weighted by molar-refractivity contribution is 0.584. The summed E-state index contributed by atoms with van der Waals surface area (Å²) >= 11 is 0. The summed E-state index contributed by atoms with van der Waals surface area (Å²) in [6.07, 6.45) is 1.07. The van der Waals surface area contributed by atoms with E-state index in [1.807, 2.05) is 0 Å². The Morgan fingerprint density at radius 2 is 1.62 bits per heavy atom. The van der Waals surface area contributed by atoms with E-state index >= 15 is 0 Å².